The first-order valence-corrected chi connectivity index (χ1v) is 5.27. The Morgan fingerprint density at radius 2 is 1.64 bits per heavy atom. The zero-order valence-corrected chi connectivity index (χ0v) is 9.59. The first-order valence-electron chi connectivity index (χ1n) is 5.27. The Hall–Kier alpha value is -0.820. The third kappa shape index (κ3) is 2.36. The molecule has 1 nitrogen and oxygen atoms in total. The molecule has 1 heteroatoms. The van der Waals surface area contributed by atoms with Gasteiger partial charge in [0.1, 0.15) is 0 Å². The molecule has 0 aromatic heterocycles. The van der Waals surface area contributed by atoms with Crippen LogP contribution in [0.4, 0.5) is 0 Å². The molecule has 0 saturated heterocycles. The monoisotopic (exact) mass is 192 g/mol. The molecule has 14 heavy (non-hydrogen) atoms. The summed E-state index contributed by atoms with van der Waals surface area (Å²) in [6, 6.07) is 4.48. The molecule has 0 amide bonds. The number of hydrogen-bond acceptors (Lipinski definition) is 1. The zero-order valence-electron chi connectivity index (χ0n) is 9.59. The highest BCUT2D eigenvalue weighted by Gasteiger charge is 2.06. The van der Waals surface area contributed by atoms with Crippen molar-refractivity contribution in [2.75, 3.05) is 6.61 Å². The maximum Gasteiger partial charge on any atom is 0.0471 e. The van der Waals surface area contributed by atoms with Gasteiger partial charge in [-0.3, -0.25) is 0 Å². The number of benzene rings is 1. The van der Waals surface area contributed by atoms with Crippen LogP contribution >= 0.6 is 0 Å². The van der Waals surface area contributed by atoms with E-state index >= 15 is 0 Å². The van der Waals surface area contributed by atoms with E-state index in [9.17, 15) is 0 Å². The Bertz CT molecular complexity index is 290. The van der Waals surface area contributed by atoms with E-state index in [4.69, 9.17) is 5.11 Å². The molecule has 1 N–H and O–H groups in total. The summed E-state index contributed by atoms with van der Waals surface area (Å²) in [5, 5.41) is 8.95. The molecule has 0 aliphatic heterocycles. The summed E-state index contributed by atoms with van der Waals surface area (Å²) in [5.74, 6) is 0.579. The number of aryl methyl sites for hydroxylation is 2. The number of aliphatic hydroxyl groups excluding tert-OH is 1. The summed E-state index contributed by atoms with van der Waals surface area (Å²) in [6.45, 7) is 8.91. The van der Waals surface area contributed by atoms with Crippen molar-refractivity contribution < 1.29 is 5.11 Å². The molecule has 0 heterocycles. The third-order valence-corrected chi connectivity index (χ3v) is 2.75. The standard InChI is InChI=1S/C13H20O/c1-9(2)12-7-10(3)13(5-6-14)11(4)8-12/h7-9,14H,5-6H2,1-4H3. The van der Waals surface area contributed by atoms with Crippen LogP contribution in [0.1, 0.15) is 42.0 Å². The molecule has 78 valence electrons. The van der Waals surface area contributed by atoms with Gasteiger partial charge < -0.3 is 5.11 Å². The highest BCUT2D eigenvalue weighted by Crippen LogP contribution is 2.22. The minimum absolute atomic E-state index is 0.239. The Kier molecular flexibility index (Phi) is 3.70. The largest absolute Gasteiger partial charge is 0.396 e. The van der Waals surface area contributed by atoms with Gasteiger partial charge in [0.05, 0.1) is 0 Å². The van der Waals surface area contributed by atoms with Gasteiger partial charge in [-0.2, -0.15) is 0 Å². The van der Waals surface area contributed by atoms with Crippen molar-refractivity contribution in [3.8, 4) is 0 Å². The normalized spacial score (nSPS) is 11.0. The fourth-order valence-electron chi connectivity index (χ4n) is 1.87. The van der Waals surface area contributed by atoms with Crippen LogP contribution in [0.5, 0.6) is 0 Å². The van der Waals surface area contributed by atoms with Crippen LogP contribution in [0, 0.1) is 13.8 Å². The van der Waals surface area contributed by atoms with E-state index < -0.39 is 0 Å². The summed E-state index contributed by atoms with van der Waals surface area (Å²) in [4.78, 5) is 0. The summed E-state index contributed by atoms with van der Waals surface area (Å²) in [5.41, 5.74) is 5.31. The second-order valence-corrected chi connectivity index (χ2v) is 4.26. The van der Waals surface area contributed by atoms with Crippen LogP contribution in [-0.2, 0) is 6.42 Å². The van der Waals surface area contributed by atoms with Gasteiger partial charge in [0.15, 0.2) is 0 Å². The van der Waals surface area contributed by atoms with Gasteiger partial charge in [0.25, 0.3) is 0 Å². The average molecular weight is 192 g/mol. The topological polar surface area (TPSA) is 20.2 Å². The molecule has 0 saturated carbocycles. The van der Waals surface area contributed by atoms with Gasteiger partial charge in [0, 0.05) is 6.61 Å². The average Bonchev–Trinajstić information content (AvgIpc) is 2.10. The molecular weight excluding hydrogens is 172 g/mol. The fraction of sp³-hybridized carbons (Fsp3) is 0.538. The van der Waals surface area contributed by atoms with Crippen molar-refractivity contribution in [3.63, 3.8) is 0 Å². The van der Waals surface area contributed by atoms with Crippen LogP contribution in [-0.4, -0.2) is 11.7 Å². The molecule has 1 aromatic rings. The molecule has 1 rings (SSSR count). The van der Waals surface area contributed by atoms with E-state index in [1.807, 2.05) is 0 Å². The molecule has 0 bridgehead atoms. The van der Waals surface area contributed by atoms with E-state index in [2.05, 4.69) is 39.8 Å². The number of hydrogen-bond donors (Lipinski definition) is 1. The molecular formula is C13H20O. The van der Waals surface area contributed by atoms with E-state index in [0.29, 0.717) is 5.92 Å². The molecule has 0 aliphatic carbocycles. The predicted molar refractivity (Wildman–Crippen MR) is 60.8 cm³/mol. The van der Waals surface area contributed by atoms with E-state index in [0.717, 1.165) is 6.42 Å². The summed E-state index contributed by atoms with van der Waals surface area (Å²) in [7, 11) is 0. The van der Waals surface area contributed by atoms with Gasteiger partial charge in [-0.05, 0) is 48.4 Å². The van der Waals surface area contributed by atoms with Crippen molar-refractivity contribution >= 4 is 0 Å². The fourth-order valence-corrected chi connectivity index (χ4v) is 1.87. The highest BCUT2D eigenvalue weighted by molar-refractivity contribution is 5.39. The van der Waals surface area contributed by atoms with Gasteiger partial charge in [0.2, 0.25) is 0 Å². The Labute approximate surface area is 86.8 Å². The van der Waals surface area contributed by atoms with Crippen molar-refractivity contribution in [1.29, 1.82) is 0 Å². The lowest BCUT2D eigenvalue weighted by Crippen LogP contribution is -2.00. The minimum Gasteiger partial charge on any atom is -0.396 e. The van der Waals surface area contributed by atoms with Gasteiger partial charge in [-0.25, -0.2) is 0 Å². The molecule has 0 atom stereocenters. The summed E-state index contributed by atoms with van der Waals surface area (Å²) in [6.07, 6.45) is 0.774. The van der Waals surface area contributed by atoms with Crippen LogP contribution in [0.15, 0.2) is 12.1 Å². The van der Waals surface area contributed by atoms with E-state index in [1.54, 1.807) is 0 Å². The van der Waals surface area contributed by atoms with Crippen molar-refractivity contribution in [2.24, 2.45) is 0 Å². The zero-order chi connectivity index (χ0) is 10.7. The third-order valence-electron chi connectivity index (χ3n) is 2.75. The van der Waals surface area contributed by atoms with Gasteiger partial charge in [-0.15, -0.1) is 0 Å². The molecule has 0 radical (unpaired) electrons. The maximum atomic E-state index is 8.95. The predicted octanol–water partition coefficient (Wildman–Crippen LogP) is 2.96. The number of rotatable bonds is 3. The lowest BCUT2D eigenvalue weighted by atomic mass is 9.93. The smallest absolute Gasteiger partial charge is 0.0471 e. The molecule has 0 unspecified atom stereocenters. The summed E-state index contributed by atoms with van der Waals surface area (Å²) < 4.78 is 0. The lowest BCUT2D eigenvalue weighted by Gasteiger charge is -2.13. The van der Waals surface area contributed by atoms with E-state index in [1.165, 1.54) is 22.3 Å². The minimum atomic E-state index is 0.239. The maximum absolute atomic E-state index is 8.95. The molecule has 1 aromatic carbocycles. The van der Waals surface area contributed by atoms with Crippen molar-refractivity contribution in [1.82, 2.24) is 0 Å². The van der Waals surface area contributed by atoms with Crippen LogP contribution in [0.2, 0.25) is 0 Å². The van der Waals surface area contributed by atoms with E-state index in [-0.39, 0.29) is 6.61 Å². The Morgan fingerprint density at radius 1 is 1.14 bits per heavy atom. The Balaban J connectivity index is 3.11. The van der Waals surface area contributed by atoms with Crippen molar-refractivity contribution in [3.05, 3.63) is 34.4 Å². The lowest BCUT2D eigenvalue weighted by molar-refractivity contribution is 0.299. The first kappa shape index (κ1) is 11.3. The Morgan fingerprint density at radius 3 is 2.00 bits per heavy atom. The quantitative estimate of drug-likeness (QED) is 0.780. The second-order valence-electron chi connectivity index (χ2n) is 4.26. The van der Waals surface area contributed by atoms with Gasteiger partial charge >= 0.3 is 0 Å². The van der Waals surface area contributed by atoms with Crippen LogP contribution in [0.3, 0.4) is 0 Å². The molecule has 0 fully saturated rings. The van der Waals surface area contributed by atoms with Gasteiger partial charge in [-0.1, -0.05) is 26.0 Å². The van der Waals surface area contributed by atoms with Crippen LogP contribution < -0.4 is 0 Å². The summed E-state index contributed by atoms with van der Waals surface area (Å²) >= 11 is 0. The van der Waals surface area contributed by atoms with Crippen LogP contribution in [0.25, 0.3) is 0 Å². The highest BCUT2D eigenvalue weighted by atomic mass is 16.2. The SMILES string of the molecule is Cc1cc(C(C)C)cc(C)c1CCO. The number of aliphatic hydroxyl groups is 1. The first-order chi connectivity index (χ1) is 6.56. The van der Waals surface area contributed by atoms with Crippen molar-refractivity contribution in [2.45, 2.75) is 40.0 Å². The molecule has 0 spiro atoms. The molecule has 0 aliphatic rings. The second kappa shape index (κ2) is 4.61.